The maximum absolute atomic E-state index is 13.6. The maximum atomic E-state index is 13.6. The lowest BCUT2D eigenvalue weighted by Crippen LogP contribution is -2.59. The van der Waals surface area contributed by atoms with Gasteiger partial charge in [0.1, 0.15) is 24.4 Å². The molecule has 2 spiro atoms. The quantitative estimate of drug-likeness (QED) is 0.157. The van der Waals surface area contributed by atoms with E-state index in [-0.39, 0.29) is 12.3 Å². The van der Waals surface area contributed by atoms with Gasteiger partial charge in [-0.05, 0) is 75.3 Å². The molecular formula is C28H38N4O6. The maximum Gasteiger partial charge on any atom is 0.328 e. The number of esters is 1. The van der Waals surface area contributed by atoms with Crippen molar-refractivity contribution in [1.29, 1.82) is 0 Å². The normalized spacial score (nSPS) is 22.9. The predicted molar refractivity (Wildman–Crippen MR) is 140 cm³/mol. The van der Waals surface area contributed by atoms with Gasteiger partial charge in [-0.15, -0.1) is 0 Å². The highest BCUT2D eigenvalue weighted by Crippen LogP contribution is 2.49. The molecule has 1 aliphatic carbocycles. The fraction of sp³-hybridized carbons (Fsp3) is 0.643. The molecule has 0 bridgehead atoms. The number of ether oxygens (including phenoxy) is 4. The van der Waals surface area contributed by atoms with Gasteiger partial charge in [-0.1, -0.05) is 22.8 Å². The van der Waals surface area contributed by atoms with Crippen LogP contribution in [-0.2, 0) is 30.2 Å². The number of allylic oxidation sites excluding steroid dienone is 1. The Hall–Kier alpha value is -3.07. The Kier molecular flexibility index (Phi) is 8.97. The molecule has 0 aromatic heterocycles. The highest BCUT2D eigenvalue weighted by atomic mass is 16.7. The van der Waals surface area contributed by atoms with Crippen molar-refractivity contribution in [2.45, 2.75) is 88.6 Å². The van der Waals surface area contributed by atoms with E-state index in [1.165, 1.54) is 12.7 Å². The molecule has 38 heavy (non-hydrogen) atoms. The molecule has 206 valence electrons. The first-order valence-electron chi connectivity index (χ1n) is 13.4. The molecule has 0 N–H and O–H groups in total. The summed E-state index contributed by atoms with van der Waals surface area (Å²) in [5.74, 6) is -0.766. The average molecular weight is 527 g/mol. The first kappa shape index (κ1) is 28.0. The van der Waals surface area contributed by atoms with Gasteiger partial charge >= 0.3 is 5.97 Å². The summed E-state index contributed by atoms with van der Waals surface area (Å²) < 4.78 is 23.2. The third kappa shape index (κ3) is 6.14. The van der Waals surface area contributed by atoms with E-state index >= 15 is 0 Å². The molecule has 2 aliphatic heterocycles. The third-order valence-electron chi connectivity index (χ3n) is 7.89. The van der Waals surface area contributed by atoms with Crippen molar-refractivity contribution in [3.63, 3.8) is 0 Å². The van der Waals surface area contributed by atoms with Crippen molar-refractivity contribution in [3.05, 3.63) is 51.9 Å². The number of hydrogen-bond donors (Lipinski definition) is 0. The summed E-state index contributed by atoms with van der Waals surface area (Å²) >= 11 is 0. The summed E-state index contributed by atoms with van der Waals surface area (Å²) in [7, 11) is 1.33. The van der Waals surface area contributed by atoms with Crippen molar-refractivity contribution in [1.82, 2.24) is 4.90 Å². The smallest absolute Gasteiger partial charge is 0.328 e. The second-order valence-corrected chi connectivity index (χ2v) is 10.7. The molecule has 2 heterocycles. The number of rotatable bonds is 8. The van der Waals surface area contributed by atoms with Crippen molar-refractivity contribution in [2.24, 2.45) is 5.11 Å². The Morgan fingerprint density at radius 3 is 2.42 bits per heavy atom. The van der Waals surface area contributed by atoms with Crippen LogP contribution in [0.4, 0.5) is 0 Å². The van der Waals surface area contributed by atoms with Crippen LogP contribution in [0.15, 0.2) is 41.0 Å². The molecule has 4 rings (SSSR count). The highest BCUT2D eigenvalue weighted by molar-refractivity contribution is 5.91. The lowest BCUT2D eigenvalue weighted by Gasteiger charge is -2.49. The monoisotopic (exact) mass is 526 g/mol. The van der Waals surface area contributed by atoms with E-state index in [1.807, 2.05) is 44.2 Å². The zero-order chi connectivity index (χ0) is 27.2. The molecule has 10 nitrogen and oxygen atoms in total. The molecule has 0 radical (unpaired) electrons. The van der Waals surface area contributed by atoms with Crippen LogP contribution in [0.3, 0.4) is 0 Å². The molecule has 1 aromatic rings. The number of carbonyl (C=O) groups is 2. The Morgan fingerprint density at radius 2 is 1.84 bits per heavy atom. The molecule has 3 fully saturated rings. The van der Waals surface area contributed by atoms with E-state index in [0.29, 0.717) is 51.9 Å². The first-order valence-corrected chi connectivity index (χ1v) is 13.4. The van der Waals surface area contributed by atoms with E-state index in [2.05, 4.69) is 10.0 Å². The minimum Gasteiger partial charge on any atom is -0.490 e. The second-order valence-electron chi connectivity index (χ2n) is 10.7. The number of nitrogens with zero attached hydrogens (tertiary/aromatic N) is 4. The molecule has 1 saturated carbocycles. The predicted octanol–water partition coefficient (Wildman–Crippen LogP) is 4.86. The summed E-state index contributed by atoms with van der Waals surface area (Å²) in [6, 6.07) is 5.80. The molecular weight excluding hydrogens is 488 g/mol. The van der Waals surface area contributed by atoms with E-state index in [1.54, 1.807) is 4.90 Å². The number of hydrogen-bond acceptors (Lipinski definition) is 7. The molecule has 2 saturated heterocycles. The number of likely N-dealkylation sites (tertiary alicyclic amines) is 1. The van der Waals surface area contributed by atoms with Crippen LogP contribution < -0.4 is 4.74 Å². The fourth-order valence-corrected chi connectivity index (χ4v) is 5.83. The Labute approximate surface area is 223 Å². The second kappa shape index (κ2) is 12.2. The van der Waals surface area contributed by atoms with Crippen molar-refractivity contribution >= 4 is 11.9 Å². The van der Waals surface area contributed by atoms with Crippen molar-refractivity contribution in [3.8, 4) is 5.75 Å². The van der Waals surface area contributed by atoms with E-state index in [4.69, 9.17) is 24.5 Å². The number of azide groups is 1. The third-order valence-corrected chi connectivity index (χ3v) is 7.89. The average Bonchev–Trinajstić information content (AvgIpc) is 3.03. The number of benzene rings is 1. The molecule has 0 unspecified atom stereocenters. The molecule has 1 aromatic carbocycles. The minimum absolute atomic E-state index is 0.273. The summed E-state index contributed by atoms with van der Waals surface area (Å²) in [5, 5.41) is 3.80. The number of carbonyl (C=O) groups excluding carboxylic acids is 2. The first-order chi connectivity index (χ1) is 18.3. The summed E-state index contributed by atoms with van der Waals surface area (Å²) in [6.45, 7) is 5.81. The van der Waals surface area contributed by atoms with E-state index < -0.39 is 29.4 Å². The van der Waals surface area contributed by atoms with Crippen LogP contribution >= 0.6 is 0 Å². The lowest BCUT2D eigenvalue weighted by atomic mass is 9.75. The topological polar surface area (TPSA) is 123 Å². The van der Waals surface area contributed by atoms with Crippen LogP contribution in [0.1, 0.15) is 64.4 Å². The Morgan fingerprint density at radius 1 is 1.18 bits per heavy atom. The minimum atomic E-state index is -0.858. The van der Waals surface area contributed by atoms with Crippen LogP contribution in [0.5, 0.6) is 5.75 Å². The van der Waals surface area contributed by atoms with Crippen LogP contribution in [-0.4, -0.2) is 67.1 Å². The Bertz CT molecular complexity index is 1060. The zero-order valence-electron chi connectivity index (χ0n) is 22.6. The van der Waals surface area contributed by atoms with Gasteiger partial charge in [0.25, 0.3) is 0 Å². The SMILES string of the molecule is COC(=O)[C@H](Cc1ccc(OCC=C(C)C)cc1)N1C(=O)[C@@H](N=[N+]=[N-])CC12CCC1(CC2)OCCCCO1. The van der Waals surface area contributed by atoms with Gasteiger partial charge in [0, 0.05) is 29.7 Å². The molecule has 10 heteroatoms. The van der Waals surface area contributed by atoms with Crippen LogP contribution in [0.2, 0.25) is 0 Å². The Balaban J connectivity index is 1.58. The van der Waals surface area contributed by atoms with Gasteiger partial charge in [0.2, 0.25) is 5.91 Å². The van der Waals surface area contributed by atoms with Gasteiger partial charge in [0.15, 0.2) is 5.79 Å². The van der Waals surface area contributed by atoms with Gasteiger partial charge in [-0.3, -0.25) is 4.79 Å². The van der Waals surface area contributed by atoms with Gasteiger partial charge in [0.05, 0.1) is 20.3 Å². The molecule has 3 aliphatic rings. The van der Waals surface area contributed by atoms with Crippen molar-refractivity contribution in [2.75, 3.05) is 26.9 Å². The van der Waals surface area contributed by atoms with Gasteiger partial charge in [-0.25, -0.2) is 4.79 Å². The highest BCUT2D eigenvalue weighted by Gasteiger charge is 2.58. The molecule has 2 atom stereocenters. The van der Waals surface area contributed by atoms with Gasteiger partial charge in [-0.2, -0.15) is 0 Å². The van der Waals surface area contributed by atoms with E-state index in [0.717, 1.165) is 24.2 Å². The van der Waals surface area contributed by atoms with Crippen LogP contribution in [0, 0.1) is 0 Å². The standard InChI is InChI=1S/C28H38N4O6/c1-20(2)10-17-36-22-8-6-21(7-9-22)18-24(26(34)35-3)32-25(33)23(30-31-29)19-27(32)11-13-28(14-12-27)37-15-4-5-16-38-28/h6-10,23-24H,4-5,11-19H2,1-3H3/t23-,24-/m0/s1. The largest absolute Gasteiger partial charge is 0.490 e. The number of methoxy groups -OCH3 is 1. The summed E-state index contributed by atoms with van der Waals surface area (Å²) in [4.78, 5) is 31.4. The van der Waals surface area contributed by atoms with Crippen molar-refractivity contribution < 1.29 is 28.5 Å². The lowest BCUT2D eigenvalue weighted by molar-refractivity contribution is -0.251. The summed E-state index contributed by atoms with van der Waals surface area (Å²) in [5.41, 5.74) is 10.5. The van der Waals surface area contributed by atoms with Gasteiger partial charge < -0.3 is 23.8 Å². The fourth-order valence-electron chi connectivity index (χ4n) is 5.83. The zero-order valence-corrected chi connectivity index (χ0v) is 22.6. The molecule has 1 amide bonds. The van der Waals surface area contributed by atoms with Crippen LogP contribution in [0.25, 0.3) is 10.4 Å². The number of amides is 1. The van der Waals surface area contributed by atoms with E-state index in [9.17, 15) is 9.59 Å². The summed E-state index contributed by atoms with van der Waals surface area (Å²) in [6.07, 6.45) is 6.92.